The van der Waals surface area contributed by atoms with Gasteiger partial charge in [-0.2, -0.15) is 0 Å². The molecule has 1 atom stereocenters. The molecule has 0 bridgehead atoms. The molecule has 0 saturated heterocycles. The molecule has 1 N–H and O–H groups in total. The average Bonchev–Trinajstić information content (AvgIpc) is 2.84. The third kappa shape index (κ3) is 6.00. The van der Waals surface area contributed by atoms with E-state index in [4.69, 9.17) is 4.74 Å². The molecule has 1 amide bonds. The maximum absolute atomic E-state index is 13.1. The maximum atomic E-state index is 13.1. The van der Waals surface area contributed by atoms with Gasteiger partial charge in [0, 0.05) is 10.6 Å². The Kier molecular flexibility index (Phi) is 7.04. The van der Waals surface area contributed by atoms with Gasteiger partial charge in [0.1, 0.15) is 17.6 Å². The number of thioether (sulfide) groups is 1. The number of rotatable bonds is 8. The number of carbonyl (C=O) groups excluding carboxylic acids is 1. The second kappa shape index (κ2) is 10.5. The lowest BCUT2D eigenvalue weighted by molar-refractivity contribution is -0.115. The van der Waals surface area contributed by atoms with E-state index in [-0.39, 0.29) is 11.2 Å². The number of nitrogens with one attached hydrogen (secondary N) is 1. The van der Waals surface area contributed by atoms with E-state index in [2.05, 4.69) is 5.32 Å². The molecule has 0 unspecified atom stereocenters. The van der Waals surface area contributed by atoms with Crippen LogP contribution in [-0.2, 0) is 11.4 Å². The second-order valence-corrected chi connectivity index (χ2v) is 8.19. The van der Waals surface area contributed by atoms with Gasteiger partial charge in [-0.15, -0.1) is 11.8 Å². The minimum Gasteiger partial charge on any atom is -0.489 e. The Morgan fingerprint density at radius 3 is 1.97 bits per heavy atom. The summed E-state index contributed by atoms with van der Waals surface area (Å²) in [6.07, 6.45) is 0. The largest absolute Gasteiger partial charge is 0.489 e. The van der Waals surface area contributed by atoms with Crippen molar-refractivity contribution in [3.8, 4) is 5.75 Å². The topological polar surface area (TPSA) is 38.3 Å². The van der Waals surface area contributed by atoms with Gasteiger partial charge in [0.25, 0.3) is 0 Å². The smallest absolute Gasteiger partial charge is 0.242 e. The van der Waals surface area contributed by atoms with Crippen LogP contribution in [-0.4, -0.2) is 5.91 Å². The Labute approximate surface area is 187 Å². The van der Waals surface area contributed by atoms with E-state index in [0.717, 1.165) is 27.5 Å². The number of benzene rings is 4. The first kappa shape index (κ1) is 20.8. The molecule has 0 aromatic heterocycles. The molecule has 4 rings (SSSR count). The Balaban J connectivity index is 1.43. The summed E-state index contributed by atoms with van der Waals surface area (Å²) >= 11 is 1.54. The molecular weight excluding hydrogens is 402 g/mol. The van der Waals surface area contributed by atoms with Crippen LogP contribution < -0.4 is 10.1 Å². The highest BCUT2D eigenvalue weighted by Crippen LogP contribution is 2.36. The van der Waals surface area contributed by atoms with E-state index >= 15 is 0 Å². The quantitative estimate of drug-likeness (QED) is 0.318. The Morgan fingerprint density at radius 1 is 0.742 bits per heavy atom. The summed E-state index contributed by atoms with van der Waals surface area (Å²) in [5.41, 5.74) is 2.83. The van der Waals surface area contributed by atoms with Gasteiger partial charge < -0.3 is 10.1 Å². The summed E-state index contributed by atoms with van der Waals surface area (Å²) in [5, 5.41) is 2.70. The third-order valence-corrected chi connectivity index (χ3v) is 5.97. The molecule has 4 aromatic carbocycles. The van der Waals surface area contributed by atoms with Gasteiger partial charge in [-0.1, -0.05) is 78.9 Å². The Hall–Kier alpha value is -3.50. The van der Waals surface area contributed by atoms with Gasteiger partial charge in [-0.3, -0.25) is 4.79 Å². The predicted octanol–water partition coefficient (Wildman–Crippen LogP) is 6.74. The molecule has 4 heteroatoms. The van der Waals surface area contributed by atoms with E-state index in [1.54, 1.807) is 11.8 Å². The van der Waals surface area contributed by atoms with Gasteiger partial charge in [0.15, 0.2) is 0 Å². The summed E-state index contributed by atoms with van der Waals surface area (Å²) in [6, 6.07) is 37.4. The van der Waals surface area contributed by atoms with E-state index < -0.39 is 0 Å². The molecule has 0 fully saturated rings. The van der Waals surface area contributed by atoms with Crippen molar-refractivity contribution in [3.05, 3.63) is 126 Å². The lowest BCUT2D eigenvalue weighted by atomic mass is 10.1. The highest BCUT2D eigenvalue weighted by molar-refractivity contribution is 8.00. The summed E-state index contributed by atoms with van der Waals surface area (Å²) in [4.78, 5) is 14.2. The molecule has 0 aliphatic rings. The van der Waals surface area contributed by atoms with Gasteiger partial charge in [0.2, 0.25) is 5.91 Å². The molecule has 0 heterocycles. The van der Waals surface area contributed by atoms with Crippen LogP contribution in [0.15, 0.2) is 120 Å². The SMILES string of the molecule is O=C(Nc1ccc(OCc2ccccc2)cc1)[C@@H](Sc1ccccc1)c1ccccc1. The number of anilines is 1. The van der Waals surface area contributed by atoms with Crippen LogP contribution in [0.25, 0.3) is 0 Å². The zero-order chi connectivity index (χ0) is 21.3. The van der Waals surface area contributed by atoms with Crippen LogP contribution in [0.4, 0.5) is 5.69 Å². The molecular formula is C27H23NO2S. The molecule has 0 spiro atoms. The van der Waals surface area contributed by atoms with Crippen LogP contribution in [0.3, 0.4) is 0 Å². The summed E-state index contributed by atoms with van der Waals surface area (Å²) in [6.45, 7) is 0.510. The molecule has 0 radical (unpaired) electrons. The molecule has 3 nitrogen and oxygen atoms in total. The number of carbonyl (C=O) groups is 1. The first-order valence-electron chi connectivity index (χ1n) is 10.1. The van der Waals surface area contributed by atoms with Crippen molar-refractivity contribution in [2.75, 3.05) is 5.32 Å². The van der Waals surface area contributed by atoms with Gasteiger partial charge >= 0.3 is 0 Å². The van der Waals surface area contributed by atoms with Crippen molar-refractivity contribution < 1.29 is 9.53 Å². The zero-order valence-electron chi connectivity index (χ0n) is 17.0. The van der Waals surface area contributed by atoms with Gasteiger partial charge in [0.05, 0.1) is 0 Å². The van der Waals surface area contributed by atoms with Crippen molar-refractivity contribution in [1.82, 2.24) is 0 Å². The van der Waals surface area contributed by atoms with Crippen LogP contribution in [0.1, 0.15) is 16.4 Å². The van der Waals surface area contributed by atoms with Crippen molar-refractivity contribution in [1.29, 1.82) is 0 Å². The standard InChI is InChI=1S/C27H23NO2S/c29-27(26(22-12-6-2-7-13-22)31-25-14-8-3-9-15-25)28-23-16-18-24(19-17-23)30-20-21-10-4-1-5-11-21/h1-19,26H,20H2,(H,28,29)/t26-/m0/s1. The second-order valence-electron chi connectivity index (χ2n) is 7.01. The number of amides is 1. The molecule has 4 aromatic rings. The number of ether oxygens (including phenoxy) is 1. The van der Waals surface area contributed by atoms with Crippen LogP contribution in [0, 0.1) is 0 Å². The predicted molar refractivity (Wildman–Crippen MR) is 127 cm³/mol. The van der Waals surface area contributed by atoms with Gasteiger partial charge in [-0.05, 0) is 47.5 Å². The first-order valence-corrected chi connectivity index (χ1v) is 11.0. The highest BCUT2D eigenvalue weighted by atomic mass is 32.2. The maximum Gasteiger partial charge on any atom is 0.242 e. The summed E-state index contributed by atoms with van der Waals surface area (Å²) < 4.78 is 5.83. The van der Waals surface area contributed by atoms with Crippen molar-refractivity contribution >= 4 is 23.4 Å². The van der Waals surface area contributed by atoms with E-state index in [1.165, 1.54) is 0 Å². The Morgan fingerprint density at radius 2 is 1.32 bits per heavy atom. The third-order valence-electron chi connectivity index (χ3n) is 4.71. The van der Waals surface area contributed by atoms with Gasteiger partial charge in [-0.25, -0.2) is 0 Å². The zero-order valence-corrected chi connectivity index (χ0v) is 17.8. The molecule has 31 heavy (non-hydrogen) atoms. The average molecular weight is 426 g/mol. The van der Waals surface area contributed by atoms with Crippen molar-refractivity contribution in [3.63, 3.8) is 0 Å². The monoisotopic (exact) mass is 425 g/mol. The minimum atomic E-state index is -0.349. The van der Waals surface area contributed by atoms with Crippen LogP contribution >= 0.6 is 11.8 Å². The summed E-state index contributed by atoms with van der Waals surface area (Å²) in [5.74, 6) is 0.707. The molecule has 0 saturated carbocycles. The van der Waals surface area contributed by atoms with Crippen LogP contribution in [0.2, 0.25) is 0 Å². The normalized spacial score (nSPS) is 11.5. The van der Waals surface area contributed by atoms with Crippen molar-refractivity contribution in [2.45, 2.75) is 16.8 Å². The highest BCUT2D eigenvalue weighted by Gasteiger charge is 2.22. The molecule has 0 aliphatic heterocycles. The fourth-order valence-electron chi connectivity index (χ4n) is 3.12. The van der Waals surface area contributed by atoms with E-state index in [1.807, 2.05) is 115 Å². The Bertz CT molecular complexity index is 1080. The molecule has 0 aliphatic carbocycles. The fourth-order valence-corrected chi connectivity index (χ4v) is 4.16. The summed E-state index contributed by atoms with van der Waals surface area (Å²) in [7, 11) is 0. The molecule has 154 valence electrons. The van der Waals surface area contributed by atoms with Crippen LogP contribution in [0.5, 0.6) is 5.75 Å². The number of hydrogen-bond donors (Lipinski definition) is 1. The first-order chi connectivity index (χ1) is 15.3. The fraction of sp³-hybridized carbons (Fsp3) is 0.0741. The van der Waals surface area contributed by atoms with E-state index in [0.29, 0.717) is 6.61 Å². The lowest BCUT2D eigenvalue weighted by Crippen LogP contribution is -2.19. The van der Waals surface area contributed by atoms with Crippen molar-refractivity contribution in [2.24, 2.45) is 0 Å². The van der Waals surface area contributed by atoms with E-state index in [9.17, 15) is 4.79 Å². The minimum absolute atomic E-state index is 0.0574. The lowest BCUT2D eigenvalue weighted by Gasteiger charge is -2.17. The number of hydrogen-bond acceptors (Lipinski definition) is 3.